The van der Waals surface area contributed by atoms with Crippen molar-refractivity contribution in [2.24, 2.45) is 11.8 Å². The number of allylic oxidation sites excluding steroid dienone is 2. The molecule has 170 valence electrons. The molecule has 1 fully saturated rings. The largest absolute Gasteiger partial charge is 0.497 e. The fourth-order valence-corrected chi connectivity index (χ4v) is 4.55. The van der Waals surface area contributed by atoms with Crippen LogP contribution >= 0.6 is 23.2 Å². The van der Waals surface area contributed by atoms with Crippen LogP contribution < -0.4 is 4.74 Å². The van der Waals surface area contributed by atoms with Gasteiger partial charge in [0.25, 0.3) is 17.7 Å². The number of hydrogen-bond donors (Lipinski definition) is 0. The summed E-state index contributed by atoms with van der Waals surface area (Å²) in [5, 5.41) is 2.08. The number of carbonyl (C=O) groups excluding carboxylic acids is 4. The zero-order valence-corrected chi connectivity index (χ0v) is 19.2. The molecule has 2 atom stereocenters. The van der Waals surface area contributed by atoms with Crippen LogP contribution in [0.1, 0.15) is 33.6 Å². The van der Waals surface area contributed by atoms with Crippen LogP contribution in [0.2, 0.25) is 10.0 Å². The van der Waals surface area contributed by atoms with Crippen LogP contribution in [-0.4, -0.2) is 47.2 Å². The maximum Gasteiger partial charge on any atom is 0.274 e. The highest BCUT2D eigenvalue weighted by molar-refractivity contribution is 6.36. The third-order valence-electron chi connectivity index (χ3n) is 5.83. The topological polar surface area (TPSA) is 84.0 Å². The molecule has 1 aliphatic heterocycles. The second-order valence-electron chi connectivity index (χ2n) is 7.78. The number of nitrogens with zero attached hydrogens (tertiary/aromatic N) is 2. The molecule has 0 radical (unpaired) electrons. The van der Waals surface area contributed by atoms with Gasteiger partial charge in [0, 0.05) is 10.6 Å². The van der Waals surface area contributed by atoms with Crippen molar-refractivity contribution in [3.63, 3.8) is 0 Å². The first-order chi connectivity index (χ1) is 15.8. The molecule has 9 heteroatoms. The SMILES string of the molecule is COc1ccc(C(=O)CN(C(=O)c2ccc(Cl)cc2Cl)N2C(=O)[C@H]3CC=CC[C@@H]3C2=O)cc1. The third-order valence-corrected chi connectivity index (χ3v) is 6.37. The summed E-state index contributed by atoms with van der Waals surface area (Å²) in [5.41, 5.74) is 0.325. The summed E-state index contributed by atoms with van der Waals surface area (Å²) in [6, 6.07) is 10.6. The first kappa shape index (κ1) is 23.0. The van der Waals surface area contributed by atoms with Crippen LogP contribution in [0.3, 0.4) is 0 Å². The molecule has 0 aromatic heterocycles. The van der Waals surface area contributed by atoms with Gasteiger partial charge in [-0.25, -0.2) is 5.01 Å². The Morgan fingerprint density at radius 1 is 1.00 bits per heavy atom. The van der Waals surface area contributed by atoms with E-state index >= 15 is 0 Å². The Bertz CT molecular complexity index is 1140. The summed E-state index contributed by atoms with van der Waals surface area (Å²) in [7, 11) is 1.51. The van der Waals surface area contributed by atoms with Crippen molar-refractivity contribution in [3.8, 4) is 5.75 Å². The highest BCUT2D eigenvalue weighted by Gasteiger charge is 2.51. The number of halogens is 2. The maximum absolute atomic E-state index is 13.5. The van der Waals surface area contributed by atoms with Crippen LogP contribution in [-0.2, 0) is 9.59 Å². The molecule has 4 rings (SSSR count). The van der Waals surface area contributed by atoms with Crippen LogP contribution in [0.25, 0.3) is 0 Å². The summed E-state index contributed by atoms with van der Waals surface area (Å²) in [6.07, 6.45) is 4.50. The second kappa shape index (κ2) is 9.37. The normalized spacial score (nSPS) is 19.4. The molecule has 1 heterocycles. The monoisotopic (exact) mass is 486 g/mol. The van der Waals surface area contributed by atoms with Crippen molar-refractivity contribution < 1.29 is 23.9 Å². The Morgan fingerprint density at radius 2 is 1.61 bits per heavy atom. The summed E-state index contributed by atoms with van der Waals surface area (Å²) >= 11 is 12.2. The third kappa shape index (κ3) is 4.38. The molecule has 0 spiro atoms. The molecule has 1 saturated heterocycles. The van der Waals surface area contributed by atoms with Gasteiger partial charge in [-0.2, -0.15) is 5.01 Å². The average Bonchev–Trinajstić information content (AvgIpc) is 3.07. The summed E-state index contributed by atoms with van der Waals surface area (Å²) in [4.78, 5) is 52.9. The van der Waals surface area contributed by atoms with Crippen LogP contribution in [0.15, 0.2) is 54.6 Å². The van der Waals surface area contributed by atoms with Crippen LogP contribution in [0.4, 0.5) is 0 Å². The Labute approximate surface area is 200 Å². The number of ether oxygens (including phenoxy) is 1. The fraction of sp³-hybridized carbons (Fsp3) is 0.250. The molecule has 0 bridgehead atoms. The van der Waals surface area contributed by atoms with Gasteiger partial charge >= 0.3 is 0 Å². The number of hydrazine groups is 1. The number of hydrogen-bond acceptors (Lipinski definition) is 5. The molecule has 1 aliphatic carbocycles. The van der Waals surface area contributed by atoms with Crippen molar-refractivity contribution in [2.45, 2.75) is 12.8 Å². The van der Waals surface area contributed by atoms with Gasteiger partial charge in [-0.15, -0.1) is 0 Å². The lowest BCUT2D eigenvalue weighted by Gasteiger charge is -2.30. The highest BCUT2D eigenvalue weighted by atomic mass is 35.5. The van der Waals surface area contributed by atoms with E-state index in [4.69, 9.17) is 27.9 Å². The molecule has 0 saturated carbocycles. The first-order valence-corrected chi connectivity index (χ1v) is 11.0. The highest BCUT2D eigenvalue weighted by Crippen LogP contribution is 2.36. The predicted octanol–water partition coefficient (Wildman–Crippen LogP) is 4.19. The lowest BCUT2D eigenvalue weighted by atomic mass is 9.85. The van der Waals surface area contributed by atoms with E-state index in [9.17, 15) is 19.2 Å². The van der Waals surface area contributed by atoms with Crippen LogP contribution in [0.5, 0.6) is 5.75 Å². The smallest absolute Gasteiger partial charge is 0.274 e. The van der Waals surface area contributed by atoms with E-state index in [0.717, 1.165) is 10.0 Å². The van der Waals surface area contributed by atoms with Crippen molar-refractivity contribution >= 4 is 46.7 Å². The van der Waals surface area contributed by atoms with E-state index in [1.165, 1.54) is 25.3 Å². The molecular formula is C24H20Cl2N2O5. The van der Waals surface area contributed by atoms with E-state index in [0.29, 0.717) is 29.2 Å². The fourth-order valence-electron chi connectivity index (χ4n) is 4.06. The van der Waals surface area contributed by atoms with Gasteiger partial charge in [0.1, 0.15) is 12.3 Å². The zero-order chi connectivity index (χ0) is 23.7. The Balaban J connectivity index is 1.70. The molecule has 33 heavy (non-hydrogen) atoms. The minimum atomic E-state index is -0.744. The lowest BCUT2D eigenvalue weighted by molar-refractivity contribution is -0.154. The molecule has 2 aliphatic rings. The molecular weight excluding hydrogens is 467 g/mol. The van der Waals surface area contributed by atoms with Crippen molar-refractivity contribution in [3.05, 3.63) is 75.8 Å². The zero-order valence-electron chi connectivity index (χ0n) is 17.7. The summed E-state index contributed by atoms with van der Waals surface area (Å²) in [5.74, 6) is -2.76. The number of ketones is 1. The number of benzene rings is 2. The first-order valence-electron chi connectivity index (χ1n) is 10.3. The van der Waals surface area contributed by atoms with Crippen molar-refractivity contribution in [1.29, 1.82) is 0 Å². The van der Waals surface area contributed by atoms with Crippen molar-refractivity contribution in [2.75, 3.05) is 13.7 Å². The van der Waals surface area contributed by atoms with Gasteiger partial charge < -0.3 is 4.74 Å². The average molecular weight is 487 g/mol. The molecule has 7 nitrogen and oxygen atoms in total. The number of amides is 3. The minimum absolute atomic E-state index is 0.0252. The number of methoxy groups -OCH3 is 1. The maximum atomic E-state index is 13.5. The molecule has 0 N–H and O–H groups in total. The number of Topliss-reactive ketones (excluding diaryl/α,β-unsaturated/α-hetero) is 1. The standard InChI is InChI=1S/C24H20Cl2N2O5/c1-33-16-9-6-14(7-10-16)21(29)13-27(22(30)19-11-8-15(25)12-20(19)26)28-23(31)17-4-2-3-5-18(17)24(28)32/h2-3,6-12,17-18H,4-5,13H2,1H3/t17-,18-/m0/s1. The molecule has 2 aromatic rings. The van der Waals surface area contributed by atoms with Gasteiger partial charge in [-0.1, -0.05) is 35.4 Å². The summed E-state index contributed by atoms with van der Waals surface area (Å²) < 4.78 is 5.11. The van der Waals surface area contributed by atoms with Crippen LogP contribution in [0, 0.1) is 11.8 Å². The van der Waals surface area contributed by atoms with E-state index < -0.39 is 41.9 Å². The Kier molecular flexibility index (Phi) is 6.54. The summed E-state index contributed by atoms with van der Waals surface area (Å²) in [6.45, 7) is -0.519. The Hall–Kier alpha value is -3.16. The van der Waals surface area contributed by atoms with E-state index in [1.54, 1.807) is 24.3 Å². The van der Waals surface area contributed by atoms with Gasteiger partial charge in [0.05, 0.1) is 29.5 Å². The minimum Gasteiger partial charge on any atom is -0.497 e. The van der Waals surface area contributed by atoms with E-state index in [2.05, 4.69) is 0 Å². The van der Waals surface area contributed by atoms with Gasteiger partial charge in [0.15, 0.2) is 5.78 Å². The lowest BCUT2D eigenvalue weighted by Crippen LogP contribution is -2.52. The van der Waals surface area contributed by atoms with Gasteiger partial charge in [-0.05, 0) is 55.3 Å². The molecule has 2 aromatic carbocycles. The van der Waals surface area contributed by atoms with Crippen molar-refractivity contribution in [1.82, 2.24) is 10.0 Å². The number of imide groups is 1. The number of carbonyl (C=O) groups is 4. The number of rotatable bonds is 6. The molecule has 3 amide bonds. The molecule has 0 unspecified atom stereocenters. The number of fused-ring (bicyclic) bond motifs is 1. The predicted molar refractivity (Wildman–Crippen MR) is 122 cm³/mol. The van der Waals surface area contributed by atoms with E-state index in [1.807, 2.05) is 12.2 Å². The van der Waals surface area contributed by atoms with Gasteiger partial charge in [-0.3, -0.25) is 19.2 Å². The van der Waals surface area contributed by atoms with E-state index in [-0.39, 0.29) is 10.6 Å². The Morgan fingerprint density at radius 3 is 2.15 bits per heavy atom. The second-order valence-corrected chi connectivity index (χ2v) is 8.63. The quantitative estimate of drug-likeness (QED) is 0.347. The van der Waals surface area contributed by atoms with Gasteiger partial charge in [0.2, 0.25) is 0 Å².